The Morgan fingerprint density at radius 2 is 1.53 bits per heavy atom. The van der Waals surface area contributed by atoms with Gasteiger partial charge < -0.3 is 5.11 Å². The van der Waals surface area contributed by atoms with Crippen LogP contribution in [0.1, 0.15) is 49.7 Å². The summed E-state index contributed by atoms with van der Waals surface area (Å²) in [6.07, 6.45) is 9.59. The minimum absolute atomic E-state index is 0.281. The van der Waals surface area contributed by atoms with E-state index in [9.17, 15) is 5.11 Å². The molecule has 1 aromatic rings. The number of rotatable bonds is 3. The van der Waals surface area contributed by atoms with E-state index >= 15 is 0 Å². The standard InChI is InChI=1S/C18H24O/c19-6-5-16-3-1-2-4-17(16)18-10-13-7-14(11-18)9-15(8-13)12-18/h1-4,13-15,19H,5-12H2. The van der Waals surface area contributed by atoms with Crippen molar-refractivity contribution in [1.82, 2.24) is 0 Å². The van der Waals surface area contributed by atoms with Gasteiger partial charge in [-0.3, -0.25) is 0 Å². The summed E-state index contributed by atoms with van der Waals surface area (Å²) in [6.45, 7) is 0.281. The molecular formula is C18H24O. The lowest BCUT2D eigenvalue weighted by Crippen LogP contribution is -2.48. The van der Waals surface area contributed by atoms with Crippen LogP contribution in [0, 0.1) is 17.8 Å². The van der Waals surface area contributed by atoms with Crippen molar-refractivity contribution >= 4 is 0 Å². The molecule has 0 amide bonds. The molecule has 0 atom stereocenters. The largest absolute Gasteiger partial charge is 0.396 e. The molecule has 0 aliphatic heterocycles. The SMILES string of the molecule is OCCc1ccccc1C12CC3CC(CC(C3)C1)C2. The lowest BCUT2D eigenvalue weighted by atomic mass is 9.47. The van der Waals surface area contributed by atoms with Crippen molar-refractivity contribution in [3.63, 3.8) is 0 Å². The topological polar surface area (TPSA) is 20.2 Å². The van der Waals surface area contributed by atoms with Crippen molar-refractivity contribution in [1.29, 1.82) is 0 Å². The van der Waals surface area contributed by atoms with Crippen LogP contribution >= 0.6 is 0 Å². The van der Waals surface area contributed by atoms with Gasteiger partial charge in [0.2, 0.25) is 0 Å². The summed E-state index contributed by atoms with van der Waals surface area (Å²) in [5.74, 6) is 2.98. The molecule has 102 valence electrons. The van der Waals surface area contributed by atoms with Crippen LogP contribution in [0.4, 0.5) is 0 Å². The number of aliphatic hydroxyl groups excluding tert-OH is 1. The fourth-order valence-corrected chi connectivity index (χ4v) is 5.82. The van der Waals surface area contributed by atoms with Crippen molar-refractivity contribution in [2.24, 2.45) is 17.8 Å². The fourth-order valence-electron chi connectivity index (χ4n) is 5.82. The van der Waals surface area contributed by atoms with Crippen LogP contribution in [0.25, 0.3) is 0 Å². The Morgan fingerprint density at radius 3 is 2.11 bits per heavy atom. The van der Waals surface area contributed by atoms with Crippen LogP contribution < -0.4 is 0 Å². The minimum atomic E-state index is 0.281. The molecule has 0 radical (unpaired) electrons. The highest BCUT2D eigenvalue weighted by atomic mass is 16.2. The first-order valence-corrected chi connectivity index (χ1v) is 7.98. The summed E-state index contributed by atoms with van der Waals surface area (Å²) < 4.78 is 0. The van der Waals surface area contributed by atoms with E-state index in [0.717, 1.165) is 24.2 Å². The van der Waals surface area contributed by atoms with Gasteiger partial charge in [-0.25, -0.2) is 0 Å². The van der Waals surface area contributed by atoms with Crippen molar-refractivity contribution in [3.05, 3.63) is 35.4 Å². The van der Waals surface area contributed by atoms with Crippen LogP contribution in [0.15, 0.2) is 24.3 Å². The van der Waals surface area contributed by atoms with Gasteiger partial charge in [-0.15, -0.1) is 0 Å². The molecule has 1 nitrogen and oxygen atoms in total. The first kappa shape index (κ1) is 12.0. The van der Waals surface area contributed by atoms with E-state index in [4.69, 9.17) is 0 Å². The second-order valence-corrected chi connectivity index (χ2v) is 7.33. The van der Waals surface area contributed by atoms with Gasteiger partial charge in [-0.1, -0.05) is 24.3 Å². The molecule has 1 N–H and O–H groups in total. The molecule has 0 spiro atoms. The third-order valence-electron chi connectivity index (χ3n) is 6.01. The molecule has 4 aliphatic rings. The number of benzene rings is 1. The Labute approximate surface area is 116 Å². The Balaban J connectivity index is 1.75. The van der Waals surface area contributed by atoms with Crippen LogP contribution in [0.3, 0.4) is 0 Å². The Hall–Kier alpha value is -0.820. The zero-order valence-corrected chi connectivity index (χ0v) is 11.6. The zero-order valence-electron chi connectivity index (χ0n) is 11.6. The maximum atomic E-state index is 9.33. The third-order valence-corrected chi connectivity index (χ3v) is 6.01. The van der Waals surface area contributed by atoms with Gasteiger partial charge in [0.25, 0.3) is 0 Å². The zero-order chi connectivity index (χ0) is 12.9. The maximum absolute atomic E-state index is 9.33. The van der Waals surface area contributed by atoms with Crippen LogP contribution in [-0.2, 0) is 11.8 Å². The van der Waals surface area contributed by atoms with Crippen molar-refractivity contribution < 1.29 is 5.11 Å². The molecule has 0 heterocycles. The summed E-state index contributed by atoms with van der Waals surface area (Å²) in [7, 11) is 0. The first-order chi connectivity index (χ1) is 9.29. The van der Waals surface area contributed by atoms with E-state index < -0.39 is 0 Å². The number of aliphatic hydroxyl groups is 1. The maximum Gasteiger partial charge on any atom is 0.0471 e. The van der Waals surface area contributed by atoms with Crippen LogP contribution in [-0.4, -0.2) is 11.7 Å². The van der Waals surface area contributed by atoms with Gasteiger partial charge >= 0.3 is 0 Å². The predicted octanol–water partition coefficient (Wildman–Crippen LogP) is 3.69. The molecule has 0 saturated heterocycles. The second kappa shape index (κ2) is 4.34. The quantitative estimate of drug-likeness (QED) is 0.874. The Bertz CT molecular complexity index is 441. The highest BCUT2D eigenvalue weighted by molar-refractivity contribution is 5.37. The summed E-state index contributed by atoms with van der Waals surface area (Å²) >= 11 is 0. The van der Waals surface area contributed by atoms with E-state index in [1.54, 1.807) is 5.56 Å². The predicted molar refractivity (Wildman–Crippen MR) is 77.1 cm³/mol. The molecule has 0 aromatic heterocycles. The van der Waals surface area contributed by atoms with E-state index in [1.165, 1.54) is 44.1 Å². The molecule has 4 bridgehead atoms. The molecule has 1 aromatic carbocycles. The van der Waals surface area contributed by atoms with Gasteiger partial charge in [0.05, 0.1) is 0 Å². The van der Waals surface area contributed by atoms with Crippen molar-refractivity contribution in [2.45, 2.75) is 50.4 Å². The molecular weight excluding hydrogens is 232 g/mol. The molecule has 0 unspecified atom stereocenters. The average Bonchev–Trinajstić information content (AvgIpc) is 2.38. The van der Waals surface area contributed by atoms with E-state index in [2.05, 4.69) is 24.3 Å². The van der Waals surface area contributed by atoms with Crippen molar-refractivity contribution in [3.8, 4) is 0 Å². The highest BCUT2D eigenvalue weighted by Crippen LogP contribution is 2.61. The number of hydrogen-bond donors (Lipinski definition) is 1. The first-order valence-electron chi connectivity index (χ1n) is 7.98. The van der Waals surface area contributed by atoms with Gasteiger partial charge in [-0.05, 0) is 79.2 Å². The van der Waals surface area contributed by atoms with Gasteiger partial charge in [0, 0.05) is 6.61 Å². The van der Waals surface area contributed by atoms with Gasteiger partial charge in [0.1, 0.15) is 0 Å². The minimum Gasteiger partial charge on any atom is -0.396 e. The third kappa shape index (κ3) is 1.86. The molecule has 5 rings (SSSR count). The summed E-state index contributed by atoms with van der Waals surface area (Å²) in [6, 6.07) is 8.94. The lowest BCUT2D eigenvalue weighted by molar-refractivity contribution is -0.00563. The normalized spacial score (nSPS) is 39.7. The Morgan fingerprint density at radius 1 is 0.947 bits per heavy atom. The van der Waals surface area contributed by atoms with Crippen molar-refractivity contribution in [2.75, 3.05) is 6.61 Å². The second-order valence-electron chi connectivity index (χ2n) is 7.33. The van der Waals surface area contributed by atoms with Crippen LogP contribution in [0.2, 0.25) is 0 Å². The Kier molecular flexibility index (Phi) is 2.73. The average molecular weight is 256 g/mol. The van der Waals surface area contributed by atoms with E-state index in [-0.39, 0.29) is 6.61 Å². The summed E-state index contributed by atoms with van der Waals surface area (Å²) in [4.78, 5) is 0. The number of hydrogen-bond acceptors (Lipinski definition) is 1. The molecule has 4 saturated carbocycles. The van der Waals surface area contributed by atoms with Gasteiger partial charge in [-0.2, -0.15) is 0 Å². The fraction of sp³-hybridized carbons (Fsp3) is 0.667. The highest BCUT2D eigenvalue weighted by Gasteiger charge is 2.51. The van der Waals surface area contributed by atoms with E-state index in [1.807, 2.05) is 0 Å². The lowest BCUT2D eigenvalue weighted by Gasteiger charge is -2.57. The van der Waals surface area contributed by atoms with Gasteiger partial charge in [0.15, 0.2) is 0 Å². The summed E-state index contributed by atoms with van der Waals surface area (Å²) in [5.41, 5.74) is 3.47. The summed E-state index contributed by atoms with van der Waals surface area (Å²) in [5, 5.41) is 9.33. The molecule has 1 heteroatoms. The molecule has 19 heavy (non-hydrogen) atoms. The molecule has 4 fully saturated rings. The monoisotopic (exact) mass is 256 g/mol. The van der Waals surface area contributed by atoms with Crippen LogP contribution in [0.5, 0.6) is 0 Å². The smallest absolute Gasteiger partial charge is 0.0471 e. The van der Waals surface area contributed by atoms with E-state index in [0.29, 0.717) is 5.41 Å². The molecule has 4 aliphatic carbocycles.